The zero-order valence-electron chi connectivity index (χ0n) is 15.6. The molecule has 0 saturated carbocycles. The number of amides is 1. The fourth-order valence-electron chi connectivity index (χ4n) is 3.31. The highest BCUT2D eigenvalue weighted by molar-refractivity contribution is 7.15. The van der Waals surface area contributed by atoms with Crippen molar-refractivity contribution in [1.29, 1.82) is 0 Å². The lowest BCUT2D eigenvalue weighted by molar-refractivity contribution is 0.0948. The molecule has 8 heteroatoms. The largest absolute Gasteiger partial charge is 0.318 e. The molecule has 1 N–H and O–H groups in total. The number of rotatable bonds is 4. The number of thiazole rings is 1. The molecular formula is C20H18ClN5OS. The van der Waals surface area contributed by atoms with Crippen molar-refractivity contribution in [2.45, 2.75) is 20.8 Å². The van der Waals surface area contributed by atoms with Gasteiger partial charge in [-0.05, 0) is 45.0 Å². The first-order valence-electron chi connectivity index (χ1n) is 8.66. The number of nitrogens with one attached hydrogen (secondary N) is 1. The first-order valence-corrected chi connectivity index (χ1v) is 9.92. The number of nitrogens with zero attached hydrogens (tertiary/aromatic N) is 4. The van der Waals surface area contributed by atoms with Crippen molar-refractivity contribution in [2.75, 3.05) is 0 Å². The summed E-state index contributed by atoms with van der Waals surface area (Å²) in [6.07, 6.45) is 3.49. The van der Waals surface area contributed by atoms with E-state index in [4.69, 9.17) is 11.6 Å². The van der Waals surface area contributed by atoms with Gasteiger partial charge in [0.2, 0.25) is 0 Å². The Morgan fingerprint density at radius 2 is 2.11 bits per heavy atom. The third kappa shape index (κ3) is 3.23. The average Bonchev–Trinajstić information content (AvgIpc) is 3.28. The van der Waals surface area contributed by atoms with Gasteiger partial charge in [-0.1, -0.05) is 17.7 Å². The van der Waals surface area contributed by atoms with Crippen molar-refractivity contribution in [1.82, 2.24) is 19.4 Å². The van der Waals surface area contributed by atoms with Crippen molar-refractivity contribution in [2.24, 2.45) is 5.10 Å². The SMILES string of the molecule is Cc1nc2sccn2c1C(=O)N/N=C\c1cc(C)n(-c2cccc(Cl)c2)c1C. The van der Waals surface area contributed by atoms with Gasteiger partial charge in [0.05, 0.1) is 11.9 Å². The summed E-state index contributed by atoms with van der Waals surface area (Å²) in [6, 6.07) is 9.71. The zero-order valence-corrected chi connectivity index (χ0v) is 17.2. The Labute approximate surface area is 171 Å². The molecule has 0 aliphatic carbocycles. The lowest BCUT2D eigenvalue weighted by atomic mass is 10.2. The number of halogens is 1. The molecule has 142 valence electrons. The van der Waals surface area contributed by atoms with Gasteiger partial charge in [0, 0.05) is 39.2 Å². The summed E-state index contributed by atoms with van der Waals surface area (Å²) in [5.74, 6) is -0.289. The quantitative estimate of drug-likeness (QED) is 0.396. The van der Waals surface area contributed by atoms with Crippen LogP contribution in [0.4, 0.5) is 0 Å². The fraction of sp³-hybridized carbons (Fsp3) is 0.150. The molecule has 0 atom stereocenters. The molecule has 0 fully saturated rings. The molecule has 0 spiro atoms. The molecule has 0 unspecified atom stereocenters. The van der Waals surface area contributed by atoms with Gasteiger partial charge >= 0.3 is 0 Å². The van der Waals surface area contributed by atoms with Gasteiger partial charge in [-0.25, -0.2) is 10.4 Å². The number of fused-ring (bicyclic) bond motifs is 1. The van der Waals surface area contributed by atoms with Crippen LogP contribution in [-0.4, -0.2) is 26.1 Å². The van der Waals surface area contributed by atoms with Crippen LogP contribution in [0.25, 0.3) is 10.6 Å². The fourth-order valence-corrected chi connectivity index (χ4v) is 4.26. The Hall–Kier alpha value is -2.90. The number of aryl methyl sites for hydroxylation is 2. The Bertz CT molecular complexity index is 1220. The molecule has 0 radical (unpaired) electrons. The second-order valence-corrected chi connectivity index (χ2v) is 7.75. The minimum atomic E-state index is -0.289. The Morgan fingerprint density at radius 3 is 2.89 bits per heavy atom. The van der Waals surface area contributed by atoms with E-state index in [1.54, 1.807) is 10.6 Å². The van der Waals surface area contributed by atoms with E-state index in [0.29, 0.717) is 16.4 Å². The molecule has 0 saturated heterocycles. The highest BCUT2D eigenvalue weighted by atomic mass is 35.5. The summed E-state index contributed by atoms with van der Waals surface area (Å²) in [6.45, 7) is 5.84. The number of hydrazone groups is 1. The van der Waals surface area contributed by atoms with Gasteiger partial charge in [0.15, 0.2) is 4.96 Å². The van der Waals surface area contributed by atoms with Gasteiger partial charge in [0.1, 0.15) is 5.69 Å². The van der Waals surface area contributed by atoms with E-state index in [-0.39, 0.29) is 5.91 Å². The summed E-state index contributed by atoms with van der Waals surface area (Å²) in [7, 11) is 0. The lowest BCUT2D eigenvalue weighted by Crippen LogP contribution is -2.20. The van der Waals surface area contributed by atoms with E-state index in [2.05, 4.69) is 20.1 Å². The first kappa shape index (κ1) is 18.5. The van der Waals surface area contributed by atoms with E-state index in [1.807, 2.05) is 62.7 Å². The van der Waals surface area contributed by atoms with E-state index in [9.17, 15) is 4.79 Å². The monoisotopic (exact) mass is 411 g/mol. The molecule has 1 amide bonds. The summed E-state index contributed by atoms with van der Waals surface area (Å²) < 4.78 is 3.88. The summed E-state index contributed by atoms with van der Waals surface area (Å²) in [5.41, 5.74) is 7.76. The first-order chi connectivity index (χ1) is 13.5. The number of carbonyl (C=O) groups excluding carboxylic acids is 1. The van der Waals surface area contributed by atoms with Crippen LogP contribution in [0.15, 0.2) is 47.0 Å². The Balaban J connectivity index is 1.57. The maximum atomic E-state index is 12.5. The molecule has 4 aromatic rings. The standard InChI is InChI=1S/C20H18ClN5OS/c1-12-9-15(14(3)26(12)17-6-4-5-16(21)10-17)11-22-24-19(27)18-13(2)23-20-25(18)7-8-28-20/h4-11H,1-3H3,(H,24,27)/b22-11-. The van der Waals surface area contributed by atoms with E-state index >= 15 is 0 Å². The highest BCUT2D eigenvalue weighted by Crippen LogP contribution is 2.22. The molecule has 28 heavy (non-hydrogen) atoms. The summed E-state index contributed by atoms with van der Waals surface area (Å²) >= 11 is 7.61. The van der Waals surface area contributed by atoms with Gasteiger partial charge in [-0.2, -0.15) is 5.10 Å². The zero-order chi connectivity index (χ0) is 19.8. The number of hydrogen-bond donors (Lipinski definition) is 1. The van der Waals surface area contributed by atoms with Gasteiger partial charge < -0.3 is 4.57 Å². The second kappa shape index (κ2) is 7.26. The van der Waals surface area contributed by atoms with Crippen LogP contribution < -0.4 is 5.43 Å². The van der Waals surface area contributed by atoms with Crippen LogP contribution in [0.5, 0.6) is 0 Å². The number of aromatic nitrogens is 3. The predicted molar refractivity (Wildman–Crippen MR) is 113 cm³/mol. The van der Waals surface area contributed by atoms with Gasteiger partial charge in [0.25, 0.3) is 5.91 Å². The lowest BCUT2D eigenvalue weighted by Gasteiger charge is -2.09. The van der Waals surface area contributed by atoms with E-state index < -0.39 is 0 Å². The Kier molecular flexibility index (Phi) is 4.78. The molecular weight excluding hydrogens is 394 g/mol. The van der Waals surface area contributed by atoms with Crippen LogP contribution in [-0.2, 0) is 0 Å². The average molecular weight is 412 g/mol. The predicted octanol–water partition coefficient (Wildman–Crippen LogP) is 4.53. The molecule has 3 aromatic heterocycles. The number of imidazole rings is 1. The van der Waals surface area contributed by atoms with Crippen molar-refractivity contribution in [3.8, 4) is 5.69 Å². The van der Waals surface area contributed by atoms with E-state index in [1.165, 1.54) is 11.3 Å². The van der Waals surface area contributed by atoms with Crippen molar-refractivity contribution < 1.29 is 4.79 Å². The molecule has 4 rings (SSSR count). The second-order valence-electron chi connectivity index (χ2n) is 6.44. The van der Waals surface area contributed by atoms with Crippen LogP contribution in [0.3, 0.4) is 0 Å². The van der Waals surface area contributed by atoms with Crippen molar-refractivity contribution in [3.05, 3.63) is 75.3 Å². The van der Waals surface area contributed by atoms with Gasteiger partial charge in [-0.15, -0.1) is 11.3 Å². The van der Waals surface area contributed by atoms with Crippen LogP contribution >= 0.6 is 22.9 Å². The molecule has 6 nitrogen and oxygen atoms in total. The third-order valence-electron chi connectivity index (χ3n) is 4.56. The molecule has 0 aliphatic rings. The normalized spacial score (nSPS) is 11.6. The van der Waals surface area contributed by atoms with Crippen LogP contribution in [0.2, 0.25) is 5.02 Å². The third-order valence-corrected chi connectivity index (χ3v) is 5.55. The molecule has 0 aliphatic heterocycles. The van der Waals surface area contributed by atoms with Crippen molar-refractivity contribution in [3.63, 3.8) is 0 Å². The molecule has 0 bridgehead atoms. The summed E-state index contributed by atoms with van der Waals surface area (Å²) in [4.78, 5) is 17.7. The molecule has 1 aromatic carbocycles. The number of carbonyl (C=O) groups is 1. The van der Waals surface area contributed by atoms with Gasteiger partial charge in [-0.3, -0.25) is 9.20 Å². The maximum Gasteiger partial charge on any atom is 0.290 e. The number of hydrogen-bond acceptors (Lipinski definition) is 4. The summed E-state index contributed by atoms with van der Waals surface area (Å²) in [5, 5.41) is 6.73. The minimum absolute atomic E-state index is 0.289. The van der Waals surface area contributed by atoms with Crippen LogP contribution in [0, 0.1) is 20.8 Å². The highest BCUT2D eigenvalue weighted by Gasteiger charge is 2.17. The topological polar surface area (TPSA) is 63.7 Å². The maximum absolute atomic E-state index is 12.5. The minimum Gasteiger partial charge on any atom is -0.318 e. The van der Waals surface area contributed by atoms with Crippen molar-refractivity contribution >= 4 is 40.0 Å². The molecule has 3 heterocycles. The Morgan fingerprint density at radius 1 is 1.29 bits per heavy atom. The van der Waals surface area contributed by atoms with E-state index in [0.717, 1.165) is 27.6 Å². The van der Waals surface area contributed by atoms with Crippen LogP contribution in [0.1, 0.15) is 33.1 Å². The smallest absolute Gasteiger partial charge is 0.290 e. The number of benzene rings is 1.